The first-order chi connectivity index (χ1) is 17.4. The van der Waals surface area contributed by atoms with Crippen LogP contribution in [0.4, 0.5) is 10.5 Å². The predicted molar refractivity (Wildman–Crippen MR) is 139 cm³/mol. The van der Waals surface area contributed by atoms with E-state index >= 15 is 0 Å². The van der Waals surface area contributed by atoms with Gasteiger partial charge in [-0.1, -0.05) is 31.0 Å². The van der Waals surface area contributed by atoms with Crippen LogP contribution in [0, 0.1) is 12.8 Å². The number of benzene rings is 2. The quantitative estimate of drug-likeness (QED) is 0.397. The van der Waals surface area contributed by atoms with Crippen LogP contribution in [0.5, 0.6) is 11.5 Å². The Labute approximate surface area is 213 Å². The van der Waals surface area contributed by atoms with E-state index in [9.17, 15) is 14.7 Å². The fourth-order valence-corrected chi connectivity index (χ4v) is 4.52. The molecule has 2 aromatic rings. The van der Waals surface area contributed by atoms with Crippen molar-refractivity contribution in [3.63, 3.8) is 0 Å². The second kappa shape index (κ2) is 13.7. The molecule has 0 aromatic heterocycles. The fourth-order valence-electron chi connectivity index (χ4n) is 4.52. The zero-order chi connectivity index (χ0) is 25.9. The maximum absolute atomic E-state index is 13.2. The number of carboxylic acids is 1. The normalized spacial score (nSPS) is 14.3. The van der Waals surface area contributed by atoms with E-state index in [1.165, 1.54) is 12.8 Å². The average Bonchev–Trinajstić information content (AvgIpc) is 3.37. The highest BCUT2D eigenvalue weighted by atomic mass is 16.5. The fraction of sp³-hybridized carbons (Fsp3) is 0.500. The Balaban J connectivity index is 1.59. The summed E-state index contributed by atoms with van der Waals surface area (Å²) in [6.07, 6.45) is 4.12. The standard InChI is InChI=1S/C28H38N2O6/c1-4-35-26(27(31)32)18-21-10-12-23(13-11-21)36-16-15-30(19-22-7-5-6-8-22)28(33)29-24-17-20(2)9-14-25(24)34-3/h9-14,17,22,26H,4-8,15-16,18-19H2,1-3H3,(H,29,33)(H,31,32). The van der Waals surface area contributed by atoms with Crippen LogP contribution in [0.15, 0.2) is 42.5 Å². The number of carbonyl (C=O) groups is 2. The van der Waals surface area contributed by atoms with E-state index in [1.807, 2.05) is 54.3 Å². The van der Waals surface area contributed by atoms with Gasteiger partial charge in [0, 0.05) is 19.6 Å². The van der Waals surface area contributed by atoms with Crippen LogP contribution in [0.1, 0.15) is 43.7 Å². The number of urea groups is 1. The van der Waals surface area contributed by atoms with Crippen LogP contribution in [0.25, 0.3) is 0 Å². The van der Waals surface area contributed by atoms with Gasteiger partial charge < -0.3 is 29.5 Å². The van der Waals surface area contributed by atoms with Gasteiger partial charge in [-0.25, -0.2) is 9.59 Å². The molecule has 0 heterocycles. The second-order valence-electron chi connectivity index (χ2n) is 9.21. The smallest absolute Gasteiger partial charge is 0.333 e. The first-order valence-electron chi connectivity index (χ1n) is 12.7. The molecule has 0 aliphatic heterocycles. The number of carboxylic acid groups (broad SMARTS) is 1. The van der Waals surface area contributed by atoms with Gasteiger partial charge >= 0.3 is 12.0 Å². The number of rotatable bonds is 13. The number of nitrogens with zero attached hydrogens (tertiary/aromatic N) is 1. The van der Waals surface area contributed by atoms with Crippen molar-refractivity contribution in [1.29, 1.82) is 0 Å². The summed E-state index contributed by atoms with van der Waals surface area (Å²) < 4.78 is 16.6. The van der Waals surface area contributed by atoms with Crippen molar-refractivity contribution in [2.24, 2.45) is 5.92 Å². The van der Waals surface area contributed by atoms with Crippen LogP contribution in [-0.4, -0.2) is 61.5 Å². The lowest BCUT2D eigenvalue weighted by Gasteiger charge is -2.26. The average molecular weight is 499 g/mol. The topological polar surface area (TPSA) is 97.3 Å². The molecule has 8 heteroatoms. The Kier molecular flexibility index (Phi) is 10.4. The van der Waals surface area contributed by atoms with Crippen LogP contribution >= 0.6 is 0 Å². The number of carbonyl (C=O) groups excluding carboxylic acids is 1. The summed E-state index contributed by atoms with van der Waals surface area (Å²) in [5, 5.41) is 12.3. The van der Waals surface area contributed by atoms with E-state index in [4.69, 9.17) is 14.2 Å². The van der Waals surface area contributed by atoms with Crippen LogP contribution < -0.4 is 14.8 Å². The molecular formula is C28H38N2O6. The summed E-state index contributed by atoms with van der Waals surface area (Å²) >= 11 is 0. The maximum Gasteiger partial charge on any atom is 0.333 e. The lowest BCUT2D eigenvalue weighted by atomic mass is 10.1. The Bertz CT molecular complexity index is 988. The zero-order valence-corrected chi connectivity index (χ0v) is 21.5. The van der Waals surface area contributed by atoms with Crippen molar-refractivity contribution in [1.82, 2.24) is 4.90 Å². The molecule has 1 atom stereocenters. The Morgan fingerprint density at radius 1 is 1.14 bits per heavy atom. The van der Waals surface area contributed by atoms with Gasteiger partial charge in [-0.3, -0.25) is 0 Å². The first-order valence-corrected chi connectivity index (χ1v) is 12.7. The molecule has 2 aromatic carbocycles. The van der Waals surface area contributed by atoms with E-state index in [2.05, 4.69) is 5.32 Å². The number of methoxy groups -OCH3 is 1. The Morgan fingerprint density at radius 3 is 2.50 bits per heavy atom. The Hall–Kier alpha value is -3.26. The monoisotopic (exact) mass is 498 g/mol. The largest absolute Gasteiger partial charge is 0.495 e. The van der Waals surface area contributed by atoms with Gasteiger partial charge in [-0.05, 0) is 68.0 Å². The lowest BCUT2D eigenvalue weighted by Crippen LogP contribution is -2.40. The SMILES string of the molecule is CCOC(Cc1ccc(OCCN(CC2CCCC2)C(=O)Nc2cc(C)ccc2OC)cc1)C(=O)O. The number of ether oxygens (including phenoxy) is 3. The van der Waals surface area contributed by atoms with Gasteiger partial charge in [0.2, 0.25) is 0 Å². The third-order valence-corrected chi connectivity index (χ3v) is 6.45. The van der Waals surface area contributed by atoms with Gasteiger partial charge in [-0.15, -0.1) is 0 Å². The molecule has 2 amide bonds. The van der Waals surface area contributed by atoms with Gasteiger partial charge in [0.1, 0.15) is 18.1 Å². The van der Waals surface area contributed by atoms with Crippen LogP contribution in [-0.2, 0) is 16.0 Å². The minimum Gasteiger partial charge on any atom is -0.495 e. The number of hydrogen-bond donors (Lipinski definition) is 2. The molecule has 1 aliphatic rings. The molecule has 196 valence electrons. The van der Waals surface area contributed by atoms with E-state index in [0.29, 0.717) is 55.8 Å². The first kappa shape index (κ1) is 27.3. The zero-order valence-electron chi connectivity index (χ0n) is 21.5. The van der Waals surface area contributed by atoms with Crippen LogP contribution in [0.3, 0.4) is 0 Å². The molecule has 0 radical (unpaired) electrons. The molecule has 1 aliphatic carbocycles. The highest BCUT2D eigenvalue weighted by Gasteiger charge is 2.23. The van der Waals surface area contributed by atoms with Crippen molar-refractivity contribution in [2.45, 2.75) is 52.1 Å². The highest BCUT2D eigenvalue weighted by molar-refractivity contribution is 5.91. The summed E-state index contributed by atoms with van der Waals surface area (Å²) in [7, 11) is 1.59. The molecule has 0 bridgehead atoms. The molecule has 1 saturated carbocycles. The van der Waals surface area contributed by atoms with E-state index in [1.54, 1.807) is 14.0 Å². The van der Waals surface area contributed by atoms with Crippen molar-refractivity contribution in [2.75, 3.05) is 38.7 Å². The number of hydrogen-bond acceptors (Lipinski definition) is 5. The van der Waals surface area contributed by atoms with E-state index in [0.717, 1.165) is 24.0 Å². The molecule has 36 heavy (non-hydrogen) atoms. The van der Waals surface area contributed by atoms with E-state index < -0.39 is 12.1 Å². The molecule has 8 nitrogen and oxygen atoms in total. The summed E-state index contributed by atoms with van der Waals surface area (Å²) in [5.41, 5.74) is 2.55. The third kappa shape index (κ3) is 8.16. The molecule has 0 spiro atoms. The lowest BCUT2D eigenvalue weighted by molar-refractivity contribution is -0.149. The summed E-state index contributed by atoms with van der Waals surface area (Å²) in [6.45, 7) is 5.59. The summed E-state index contributed by atoms with van der Waals surface area (Å²) in [4.78, 5) is 26.4. The molecule has 1 unspecified atom stereocenters. The van der Waals surface area contributed by atoms with Gasteiger partial charge in [0.05, 0.1) is 19.3 Å². The molecule has 3 rings (SSSR count). The van der Waals surface area contributed by atoms with Gasteiger partial charge in [-0.2, -0.15) is 0 Å². The maximum atomic E-state index is 13.2. The Morgan fingerprint density at radius 2 is 1.86 bits per heavy atom. The van der Waals surface area contributed by atoms with Gasteiger partial charge in [0.15, 0.2) is 6.10 Å². The van der Waals surface area contributed by atoms with Crippen molar-refractivity contribution >= 4 is 17.7 Å². The van der Waals surface area contributed by atoms with Crippen molar-refractivity contribution in [3.8, 4) is 11.5 Å². The van der Waals surface area contributed by atoms with Crippen molar-refractivity contribution in [3.05, 3.63) is 53.6 Å². The molecule has 2 N–H and O–H groups in total. The van der Waals surface area contributed by atoms with E-state index in [-0.39, 0.29) is 6.03 Å². The minimum atomic E-state index is -0.971. The number of anilines is 1. The second-order valence-corrected chi connectivity index (χ2v) is 9.21. The predicted octanol–water partition coefficient (Wildman–Crippen LogP) is 5.14. The molecular weight excluding hydrogens is 460 g/mol. The molecule has 1 fully saturated rings. The number of nitrogens with one attached hydrogen (secondary N) is 1. The van der Waals surface area contributed by atoms with Gasteiger partial charge in [0.25, 0.3) is 0 Å². The van der Waals surface area contributed by atoms with Crippen LogP contribution in [0.2, 0.25) is 0 Å². The molecule has 0 saturated heterocycles. The summed E-state index contributed by atoms with van der Waals surface area (Å²) in [6, 6.07) is 12.9. The van der Waals surface area contributed by atoms with Crippen molar-refractivity contribution < 1.29 is 28.9 Å². The third-order valence-electron chi connectivity index (χ3n) is 6.45. The highest BCUT2D eigenvalue weighted by Crippen LogP contribution is 2.28. The number of aliphatic carboxylic acids is 1. The summed E-state index contributed by atoms with van der Waals surface area (Å²) in [5.74, 6) is 0.826. The number of amides is 2. The minimum absolute atomic E-state index is 0.166. The number of aryl methyl sites for hydroxylation is 1.